The number of nitrogens with zero attached hydrogens (tertiary/aromatic N) is 3. The number of amidine groups is 1. The largest absolute Gasteiger partial charge is 0.387 e. The van der Waals surface area contributed by atoms with Crippen LogP contribution in [0.1, 0.15) is 6.92 Å². The molecule has 0 saturated carbocycles. The molecule has 0 aliphatic heterocycles. The van der Waals surface area contributed by atoms with Crippen molar-refractivity contribution in [1.82, 2.24) is 14.8 Å². The van der Waals surface area contributed by atoms with Gasteiger partial charge in [0.25, 0.3) is 0 Å². The van der Waals surface area contributed by atoms with E-state index in [0.29, 0.717) is 0 Å². The van der Waals surface area contributed by atoms with Crippen LogP contribution in [0.25, 0.3) is 0 Å². The van der Waals surface area contributed by atoms with Gasteiger partial charge in [0.2, 0.25) is 0 Å². The van der Waals surface area contributed by atoms with Gasteiger partial charge in [-0.1, -0.05) is 11.8 Å². The smallest absolute Gasteiger partial charge is 0.191 e. The van der Waals surface area contributed by atoms with E-state index in [-0.39, 0.29) is 11.1 Å². The van der Waals surface area contributed by atoms with Gasteiger partial charge < -0.3 is 10.3 Å². The van der Waals surface area contributed by atoms with Crippen LogP contribution in [0.3, 0.4) is 0 Å². The maximum absolute atomic E-state index is 7.17. The van der Waals surface area contributed by atoms with Crippen LogP contribution in [0.5, 0.6) is 0 Å². The third kappa shape index (κ3) is 1.97. The third-order valence-electron chi connectivity index (χ3n) is 1.39. The van der Waals surface area contributed by atoms with Crippen molar-refractivity contribution in [2.45, 2.75) is 17.3 Å². The normalized spacial score (nSPS) is 12.8. The van der Waals surface area contributed by atoms with E-state index < -0.39 is 0 Å². The van der Waals surface area contributed by atoms with Crippen LogP contribution in [0.4, 0.5) is 0 Å². The molecule has 1 atom stereocenters. The highest BCUT2D eigenvalue weighted by Crippen LogP contribution is 2.19. The van der Waals surface area contributed by atoms with E-state index in [4.69, 9.17) is 11.1 Å². The zero-order valence-electron chi connectivity index (χ0n) is 6.98. The first-order valence-corrected chi connectivity index (χ1v) is 4.34. The molecule has 0 bridgehead atoms. The molecule has 66 valence electrons. The quantitative estimate of drug-likeness (QED) is 0.401. The van der Waals surface area contributed by atoms with E-state index in [1.54, 1.807) is 10.9 Å². The number of aryl methyl sites for hydroxylation is 1. The minimum Gasteiger partial charge on any atom is -0.387 e. The van der Waals surface area contributed by atoms with Gasteiger partial charge in [0.15, 0.2) is 5.16 Å². The first kappa shape index (κ1) is 9.05. The lowest BCUT2D eigenvalue weighted by Gasteiger charge is -2.06. The van der Waals surface area contributed by atoms with Crippen molar-refractivity contribution in [1.29, 1.82) is 5.41 Å². The Bertz CT molecular complexity index is 281. The van der Waals surface area contributed by atoms with Crippen molar-refractivity contribution in [3.63, 3.8) is 0 Å². The van der Waals surface area contributed by atoms with E-state index in [2.05, 4.69) is 10.2 Å². The van der Waals surface area contributed by atoms with Gasteiger partial charge in [-0.25, -0.2) is 0 Å². The van der Waals surface area contributed by atoms with Gasteiger partial charge in [0.05, 0.1) is 5.25 Å². The molecule has 0 fully saturated rings. The summed E-state index contributed by atoms with van der Waals surface area (Å²) in [6, 6.07) is 0. The van der Waals surface area contributed by atoms with Crippen LogP contribution in [0.15, 0.2) is 11.5 Å². The Kier molecular flexibility index (Phi) is 2.69. The number of rotatable bonds is 3. The van der Waals surface area contributed by atoms with Crippen LogP contribution in [-0.4, -0.2) is 25.9 Å². The Labute approximate surface area is 74.9 Å². The van der Waals surface area contributed by atoms with E-state index in [1.807, 2.05) is 14.0 Å². The molecule has 0 aromatic carbocycles. The van der Waals surface area contributed by atoms with E-state index in [0.717, 1.165) is 5.16 Å². The summed E-state index contributed by atoms with van der Waals surface area (Å²) in [5, 5.41) is 15.5. The first-order valence-electron chi connectivity index (χ1n) is 3.46. The zero-order valence-corrected chi connectivity index (χ0v) is 7.80. The summed E-state index contributed by atoms with van der Waals surface area (Å²) in [5.41, 5.74) is 5.31. The Morgan fingerprint density at radius 2 is 2.50 bits per heavy atom. The van der Waals surface area contributed by atoms with Crippen LogP contribution < -0.4 is 5.73 Å². The topological polar surface area (TPSA) is 80.6 Å². The summed E-state index contributed by atoms with van der Waals surface area (Å²) in [7, 11) is 1.86. The fourth-order valence-electron chi connectivity index (χ4n) is 0.601. The van der Waals surface area contributed by atoms with Crippen molar-refractivity contribution in [3.05, 3.63) is 6.33 Å². The van der Waals surface area contributed by atoms with Crippen molar-refractivity contribution < 1.29 is 0 Å². The van der Waals surface area contributed by atoms with Gasteiger partial charge >= 0.3 is 0 Å². The third-order valence-corrected chi connectivity index (χ3v) is 2.58. The number of nitrogens with one attached hydrogen (secondary N) is 1. The first-order chi connectivity index (χ1) is 5.61. The average Bonchev–Trinajstić information content (AvgIpc) is 2.36. The van der Waals surface area contributed by atoms with Gasteiger partial charge in [-0.3, -0.25) is 5.41 Å². The molecule has 1 rings (SSSR count). The molecule has 0 spiro atoms. The molecule has 0 amide bonds. The Hall–Kier alpha value is -1.04. The summed E-state index contributed by atoms with van der Waals surface area (Å²) in [4.78, 5) is 0. The van der Waals surface area contributed by atoms with Gasteiger partial charge in [-0.15, -0.1) is 10.2 Å². The molecule has 0 radical (unpaired) electrons. The predicted molar refractivity (Wildman–Crippen MR) is 48.2 cm³/mol. The molecule has 0 saturated heterocycles. The van der Waals surface area contributed by atoms with E-state index >= 15 is 0 Å². The lowest BCUT2D eigenvalue weighted by Crippen LogP contribution is -2.22. The fourth-order valence-corrected chi connectivity index (χ4v) is 1.35. The van der Waals surface area contributed by atoms with E-state index in [9.17, 15) is 0 Å². The summed E-state index contributed by atoms with van der Waals surface area (Å²) in [6.07, 6.45) is 1.62. The lowest BCUT2D eigenvalue weighted by atomic mass is 10.4. The van der Waals surface area contributed by atoms with Crippen LogP contribution in [0, 0.1) is 5.41 Å². The highest BCUT2D eigenvalue weighted by atomic mass is 32.2. The number of thioether (sulfide) groups is 1. The lowest BCUT2D eigenvalue weighted by molar-refractivity contribution is 0.787. The van der Waals surface area contributed by atoms with Crippen LogP contribution >= 0.6 is 11.8 Å². The molecule has 5 nitrogen and oxygen atoms in total. The van der Waals surface area contributed by atoms with Crippen molar-refractivity contribution in [2.75, 3.05) is 0 Å². The number of hydrogen-bond donors (Lipinski definition) is 2. The Balaban J connectivity index is 2.64. The number of hydrogen-bond acceptors (Lipinski definition) is 4. The molecule has 0 aliphatic carbocycles. The summed E-state index contributed by atoms with van der Waals surface area (Å²) in [5.74, 6) is 0.156. The molecule has 1 unspecified atom stereocenters. The summed E-state index contributed by atoms with van der Waals surface area (Å²) >= 11 is 1.42. The maximum Gasteiger partial charge on any atom is 0.191 e. The average molecular weight is 185 g/mol. The second-order valence-electron chi connectivity index (χ2n) is 2.44. The molecule has 1 heterocycles. The van der Waals surface area contributed by atoms with Gasteiger partial charge in [0, 0.05) is 7.05 Å². The maximum atomic E-state index is 7.17. The molecule has 3 N–H and O–H groups in total. The molecule has 1 aromatic rings. The Morgan fingerprint density at radius 1 is 1.83 bits per heavy atom. The fraction of sp³-hybridized carbons (Fsp3) is 0.500. The summed E-state index contributed by atoms with van der Waals surface area (Å²) in [6.45, 7) is 1.86. The standard InChI is InChI=1S/C6H11N5S/c1-4(5(7)8)12-6-10-9-3-11(6)2/h3-4H,1-2H3,(H3,7,8). The molecule has 6 heteroatoms. The monoisotopic (exact) mass is 185 g/mol. The molecule has 1 aromatic heterocycles. The molecular weight excluding hydrogens is 174 g/mol. The van der Waals surface area contributed by atoms with E-state index in [1.165, 1.54) is 11.8 Å². The SMILES string of the molecule is CC(Sc1nncn1C)C(=N)N. The molecular formula is C6H11N5S. The van der Waals surface area contributed by atoms with Crippen LogP contribution in [0.2, 0.25) is 0 Å². The van der Waals surface area contributed by atoms with Crippen molar-refractivity contribution >= 4 is 17.6 Å². The second-order valence-corrected chi connectivity index (χ2v) is 3.75. The zero-order chi connectivity index (χ0) is 9.14. The highest BCUT2D eigenvalue weighted by Gasteiger charge is 2.10. The second kappa shape index (κ2) is 3.57. The predicted octanol–water partition coefficient (Wildman–Crippen LogP) is 0.232. The van der Waals surface area contributed by atoms with Gasteiger partial charge in [0.1, 0.15) is 12.2 Å². The van der Waals surface area contributed by atoms with Gasteiger partial charge in [-0.05, 0) is 6.92 Å². The Morgan fingerprint density at radius 3 is 2.92 bits per heavy atom. The minimum atomic E-state index is -0.0482. The van der Waals surface area contributed by atoms with Gasteiger partial charge in [-0.2, -0.15) is 0 Å². The minimum absolute atomic E-state index is 0.0482. The van der Waals surface area contributed by atoms with Crippen LogP contribution in [-0.2, 0) is 7.05 Å². The summed E-state index contributed by atoms with van der Waals surface area (Å²) < 4.78 is 1.80. The van der Waals surface area contributed by atoms with Crippen molar-refractivity contribution in [3.8, 4) is 0 Å². The molecule has 12 heavy (non-hydrogen) atoms. The number of aromatic nitrogens is 3. The highest BCUT2D eigenvalue weighted by molar-refractivity contribution is 8.00. The molecule has 0 aliphatic rings. The number of nitrogens with two attached hydrogens (primary N) is 1. The van der Waals surface area contributed by atoms with Crippen molar-refractivity contribution in [2.24, 2.45) is 12.8 Å².